The normalized spacial score (nSPS) is 11.8. The molecule has 2 aromatic heterocycles. The molecule has 2 heterocycles. The highest BCUT2D eigenvalue weighted by Crippen LogP contribution is 2.38. The van der Waals surface area contributed by atoms with E-state index in [1.807, 2.05) is 0 Å². The molecule has 0 N–H and O–H groups in total. The second-order valence-corrected chi connectivity index (χ2v) is 11.3. The van der Waals surface area contributed by atoms with Gasteiger partial charge in [-0.15, -0.1) is 0 Å². The summed E-state index contributed by atoms with van der Waals surface area (Å²) < 4.78 is 26.2. The van der Waals surface area contributed by atoms with E-state index < -0.39 is 6.10 Å². The van der Waals surface area contributed by atoms with E-state index in [0.717, 1.165) is 50.5 Å². The highest BCUT2D eigenvalue weighted by molar-refractivity contribution is 5.73. The molecule has 13 nitrogen and oxygen atoms in total. The second kappa shape index (κ2) is 16.7. The van der Waals surface area contributed by atoms with Crippen LogP contribution in [0.15, 0.2) is 28.0 Å². The van der Waals surface area contributed by atoms with Crippen LogP contribution in [0.4, 0.5) is 0 Å². The number of methoxy groups -OCH3 is 3. The summed E-state index contributed by atoms with van der Waals surface area (Å²) in [6, 6.07) is 3.60. The molecule has 0 radical (unpaired) electrons. The molecule has 0 spiro atoms. The van der Waals surface area contributed by atoms with Crippen molar-refractivity contribution in [3.63, 3.8) is 0 Å². The lowest BCUT2D eigenvalue weighted by Gasteiger charge is -2.27. The van der Waals surface area contributed by atoms with Crippen LogP contribution in [0.2, 0.25) is 0 Å². The molecule has 0 saturated carbocycles. The minimum Gasteiger partial charge on any atom is -0.493 e. The fourth-order valence-electron chi connectivity index (χ4n) is 5.54. The van der Waals surface area contributed by atoms with E-state index in [-0.39, 0.29) is 36.2 Å². The fourth-order valence-corrected chi connectivity index (χ4v) is 5.54. The largest absolute Gasteiger partial charge is 0.493 e. The van der Waals surface area contributed by atoms with E-state index in [1.54, 1.807) is 42.0 Å². The van der Waals surface area contributed by atoms with Crippen molar-refractivity contribution >= 4 is 23.0 Å². The number of carbonyl (C=O) groups excluding carboxylic acids is 2. The molecular formula is C32H47N5O8. The summed E-state index contributed by atoms with van der Waals surface area (Å²) in [5.74, 6) is 0.946. The number of esters is 1. The van der Waals surface area contributed by atoms with Crippen molar-refractivity contribution in [3.8, 4) is 17.2 Å². The Morgan fingerprint density at radius 2 is 1.49 bits per heavy atom. The predicted molar refractivity (Wildman–Crippen MR) is 170 cm³/mol. The van der Waals surface area contributed by atoms with Gasteiger partial charge in [-0.3, -0.25) is 23.5 Å². The lowest BCUT2D eigenvalue weighted by molar-refractivity contribution is -0.150. The Balaban J connectivity index is 1.46. The summed E-state index contributed by atoms with van der Waals surface area (Å²) >= 11 is 0. The zero-order valence-corrected chi connectivity index (χ0v) is 27.6. The van der Waals surface area contributed by atoms with E-state index in [2.05, 4.69) is 4.98 Å². The van der Waals surface area contributed by atoms with Crippen molar-refractivity contribution in [1.29, 1.82) is 0 Å². The molecule has 0 saturated heterocycles. The molecule has 1 unspecified atom stereocenters. The Labute approximate surface area is 263 Å². The number of amides is 1. The van der Waals surface area contributed by atoms with Crippen LogP contribution in [-0.4, -0.2) is 69.4 Å². The van der Waals surface area contributed by atoms with Crippen molar-refractivity contribution in [1.82, 2.24) is 23.6 Å². The van der Waals surface area contributed by atoms with Gasteiger partial charge < -0.3 is 28.4 Å². The molecule has 0 aliphatic carbocycles. The maximum atomic E-state index is 12.8. The SMILES string of the molecule is COc1cc(CN(CC(CCCCCCCCCn2c(=O)c3c(ncn3C)n(C)c2=O)OC(C)=O)C(C)=O)cc(OC)c1OC. The van der Waals surface area contributed by atoms with Crippen LogP contribution in [0.5, 0.6) is 17.2 Å². The van der Waals surface area contributed by atoms with Crippen LogP contribution in [0.25, 0.3) is 11.2 Å². The average Bonchev–Trinajstić information content (AvgIpc) is 3.40. The van der Waals surface area contributed by atoms with Gasteiger partial charge in [0.05, 0.1) is 34.2 Å². The van der Waals surface area contributed by atoms with Crippen molar-refractivity contribution in [3.05, 3.63) is 44.9 Å². The van der Waals surface area contributed by atoms with E-state index in [0.29, 0.717) is 41.4 Å². The number of rotatable bonds is 18. The van der Waals surface area contributed by atoms with Crippen LogP contribution < -0.4 is 25.5 Å². The molecular weight excluding hydrogens is 582 g/mol. The number of aromatic nitrogens is 4. The van der Waals surface area contributed by atoms with Crippen molar-refractivity contribution < 1.29 is 28.5 Å². The van der Waals surface area contributed by atoms with Gasteiger partial charge in [-0.2, -0.15) is 0 Å². The van der Waals surface area contributed by atoms with Gasteiger partial charge in [0.25, 0.3) is 5.56 Å². The number of imidazole rings is 1. The first kappa shape index (κ1) is 35.2. The van der Waals surface area contributed by atoms with E-state index in [9.17, 15) is 19.2 Å². The number of fused-ring (bicyclic) bond motifs is 1. The molecule has 0 bridgehead atoms. The van der Waals surface area contributed by atoms with Gasteiger partial charge in [0.15, 0.2) is 22.7 Å². The Bertz CT molecular complexity index is 1550. The maximum absolute atomic E-state index is 12.8. The van der Waals surface area contributed by atoms with Gasteiger partial charge in [0.1, 0.15) is 6.10 Å². The third-order valence-electron chi connectivity index (χ3n) is 7.91. The molecule has 45 heavy (non-hydrogen) atoms. The first-order valence-corrected chi connectivity index (χ1v) is 15.3. The molecule has 3 rings (SSSR count). The number of carbonyl (C=O) groups is 2. The summed E-state index contributed by atoms with van der Waals surface area (Å²) in [6.07, 6.45) is 8.23. The Kier molecular flexibility index (Phi) is 13.1. The van der Waals surface area contributed by atoms with Gasteiger partial charge in [-0.05, 0) is 37.0 Å². The number of hydrogen-bond donors (Lipinski definition) is 0. The van der Waals surface area contributed by atoms with Gasteiger partial charge >= 0.3 is 11.7 Å². The maximum Gasteiger partial charge on any atom is 0.332 e. The minimum absolute atomic E-state index is 0.138. The topological polar surface area (TPSA) is 136 Å². The smallest absolute Gasteiger partial charge is 0.332 e. The molecule has 3 aromatic rings. The fraction of sp³-hybridized carbons (Fsp3) is 0.594. The van der Waals surface area contributed by atoms with Gasteiger partial charge in [-0.25, -0.2) is 9.78 Å². The standard InChI is InChI=1S/C32H47N5O8/c1-22(38)36(19-24-17-26(42-5)29(44-7)27(18-24)43-6)20-25(45-23(2)39)15-13-11-9-8-10-12-14-16-37-31(40)28-30(33-21-34(28)3)35(4)32(37)41/h17-18,21,25H,8-16,19-20H2,1-7H3. The number of benzene rings is 1. The molecule has 0 fully saturated rings. The average molecular weight is 630 g/mol. The van der Waals surface area contributed by atoms with Crippen LogP contribution in [0.1, 0.15) is 70.8 Å². The molecule has 13 heteroatoms. The summed E-state index contributed by atoms with van der Waals surface area (Å²) in [5, 5.41) is 0. The highest BCUT2D eigenvalue weighted by Gasteiger charge is 2.21. The number of hydrogen-bond acceptors (Lipinski definition) is 9. The third kappa shape index (κ3) is 9.11. The van der Waals surface area contributed by atoms with Crippen molar-refractivity contribution in [2.24, 2.45) is 14.1 Å². The lowest BCUT2D eigenvalue weighted by Crippen LogP contribution is -2.39. The van der Waals surface area contributed by atoms with Crippen LogP contribution >= 0.6 is 0 Å². The zero-order valence-electron chi connectivity index (χ0n) is 27.6. The number of unbranched alkanes of at least 4 members (excludes halogenated alkanes) is 6. The highest BCUT2D eigenvalue weighted by atomic mass is 16.5. The third-order valence-corrected chi connectivity index (χ3v) is 7.91. The minimum atomic E-state index is -0.425. The number of ether oxygens (including phenoxy) is 4. The van der Waals surface area contributed by atoms with E-state index in [1.165, 1.54) is 44.3 Å². The van der Waals surface area contributed by atoms with Crippen LogP contribution in [-0.2, 0) is 41.5 Å². The first-order valence-electron chi connectivity index (χ1n) is 15.3. The second-order valence-electron chi connectivity index (χ2n) is 11.3. The summed E-state index contributed by atoms with van der Waals surface area (Å²) in [6.45, 7) is 3.81. The van der Waals surface area contributed by atoms with Gasteiger partial charge in [0, 0.05) is 41.0 Å². The summed E-state index contributed by atoms with van der Waals surface area (Å²) in [4.78, 5) is 55.7. The quantitative estimate of drug-likeness (QED) is 0.153. The molecule has 0 aliphatic rings. The van der Waals surface area contributed by atoms with Crippen LogP contribution in [0, 0.1) is 0 Å². The number of nitrogens with zero attached hydrogens (tertiary/aromatic N) is 5. The predicted octanol–water partition coefficient (Wildman–Crippen LogP) is 3.56. The lowest BCUT2D eigenvalue weighted by atomic mass is 10.1. The summed E-state index contributed by atoms with van der Waals surface area (Å²) in [5.41, 5.74) is 0.968. The molecule has 0 aliphatic heterocycles. The van der Waals surface area contributed by atoms with E-state index >= 15 is 0 Å². The Hall–Kier alpha value is -4.29. The van der Waals surface area contributed by atoms with Gasteiger partial charge in [-0.1, -0.05) is 32.1 Å². The van der Waals surface area contributed by atoms with E-state index in [4.69, 9.17) is 18.9 Å². The Morgan fingerprint density at radius 1 is 0.889 bits per heavy atom. The molecule has 248 valence electrons. The van der Waals surface area contributed by atoms with Crippen molar-refractivity contribution in [2.45, 2.75) is 84.4 Å². The zero-order chi connectivity index (χ0) is 33.1. The molecule has 1 aromatic carbocycles. The van der Waals surface area contributed by atoms with Crippen LogP contribution in [0.3, 0.4) is 0 Å². The molecule has 1 amide bonds. The van der Waals surface area contributed by atoms with Crippen molar-refractivity contribution in [2.75, 3.05) is 27.9 Å². The van der Waals surface area contributed by atoms with Gasteiger partial charge in [0.2, 0.25) is 11.7 Å². The monoisotopic (exact) mass is 629 g/mol. The number of aryl methyl sites for hydroxylation is 2. The summed E-state index contributed by atoms with van der Waals surface area (Å²) in [7, 11) is 7.99. The first-order chi connectivity index (χ1) is 21.5. The Morgan fingerprint density at radius 3 is 2.04 bits per heavy atom. The molecule has 1 atom stereocenters.